The van der Waals surface area contributed by atoms with E-state index in [2.05, 4.69) is 17.6 Å². The first-order chi connectivity index (χ1) is 8.74. The maximum Gasteiger partial charge on any atom is 0.220 e. The first-order valence-electron chi connectivity index (χ1n) is 7.74. The highest BCUT2D eigenvalue weighted by atomic mass is 16.1. The number of rotatable bonds is 7. The first kappa shape index (κ1) is 13.9. The predicted molar refractivity (Wildman–Crippen MR) is 74.4 cm³/mol. The van der Waals surface area contributed by atoms with Crippen LogP contribution < -0.4 is 10.6 Å². The number of amides is 1. The molecule has 3 heteroatoms. The zero-order chi connectivity index (χ0) is 12.8. The standard InChI is InChI=1S/C15H28N2O/c1-12-4-6-13(7-5-12)11-16-10-2-3-15(18)17-14-8-9-14/h12-14,16H,2-11H2,1H3,(H,17,18). The number of nitrogens with one attached hydrogen (secondary N) is 2. The van der Waals surface area contributed by atoms with Gasteiger partial charge in [0, 0.05) is 12.5 Å². The summed E-state index contributed by atoms with van der Waals surface area (Å²) < 4.78 is 0. The highest BCUT2D eigenvalue weighted by Gasteiger charge is 2.22. The van der Waals surface area contributed by atoms with Crippen LogP contribution in [0.3, 0.4) is 0 Å². The molecule has 2 rings (SSSR count). The van der Waals surface area contributed by atoms with Crippen LogP contribution in [0.2, 0.25) is 0 Å². The van der Waals surface area contributed by atoms with Gasteiger partial charge in [-0.2, -0.15) is 0 Å². The minimum absolute atomic E-state index is 0.241. The average molecular weight is 252 g/mol. The van der Waals surface area contributed by atoms with Crippen molar-refractivity contribution in [3.05, 3.63) is 0 Å². The zero-order valence-electron chi connectivity index (χ0n) is 11.7. The highest BCUT2D eigenvalue weighted by molar-refractivity contribution is 5.76. The van der Waals surface area contributed by atoms with Crippen LogP contribution in [0.4, 0.5) is 0 Å². The summed E-state index contributed by atoms with van der Waals surface area (Å²) in [4.78, 5) is 11.5. The molecule has 104 valence electrons. The van der Waals surface area contributed by atoms with Gasteiger partial charge in [0.05, 0.1) is 0 Å². The molecule has 0 aromatic rings. The second-order valence-corrected chi connectivity index (χ2v) is 6.28. The Hall–Kier alpha value is -0.570. The number of carbonyl (C=O) groups is 1. The Morgan fingerprint density at radius 3 is 2.50 bits per heavy atom. The molecule has 0 bridgehead atoms. The summed E-state index contributed by atoms with van der Waals surface area (Å²) in [6.07, 6.45) is 9.60. The van der Waals surface area contributed by atoms with Crippen molar-refractivity contribution < 1.29 is 4.79 Å². The predicted octanol–water partition coefficient (Wildman–Crippen LogP) is 2.46. The van der Waals surface area contributed by atoms with Crippen molar-refractivity contribution in [1.29, 1.82) is 0 Å². The van der Waals surface area contributed by atoms with E-state index in [4.69, 9.17) is 0 Å². The Balaban J connectivity index is 1.42. The van der Waals surface area contributed by atoms with Crippen LogP contribution in [-0.2, 0) is 4.79 Å². The van der Waals surface area contributed by atoms with Crippen LogP contribution in [-0.4, -0.2) is 25.0 Å². The molecule has 0 aliphatic heterocycles. The summed E-state index contributed by atoms with van der Waals surface area (Å²) in [7, 11) is 0. The van der Waals surface area contributed by atoms with Crippen molar-refractivity contribution in [2.75, 3.05) is 13.1 Å². The van der Waals surface area contributed by atoms with E-state index >= 15 is 0 Å². The van der Waals surface area contributed by atoms with Gasteiger partial charge in [0.1, 0.15) is 0 Å². The van der Waals surface area contributed by atoms with Gasteiger partial charge in [-0.05, 0) is 57.0 Å². The van der Waals surface area contributed by atoms with Crippen molar-refractivity contribution in [3.63, 3.8) is 0 Å². The lowest BCUT2D eigenvalue weighted by Crippen LogP contribution is -2.29. The third kappa shape index (κ3) is 5.38. The second-order valence-electron chi connectivity index (χ2n) is 6.28. The fourth-order valence-corrected chi connectivity index (χ4v) is 2.74. The Morgan fingerprint density at radius 1 is 1.11 bits per heavy atom. The number of carbonyl (C=O) groups excluding carboxylic acids is 1. The third-order valence-electron chi connectivity index (χ3n) is 4.27. The van der Waals surface area contributed by atoms with E-state index in [1.54, 1.807) is 0 Å². The third-order valence-corrected chi connectivity index (χ3v) is 4.27. The SMILES string of the molecule is CC1CCC(CNCCCC(=O)NC2CC2)CC1. The van der Waals surface area contributed by atoms with E-state index in [-0.39, 0.29) is 5.91 Å². The van der Waals surface area contributed by atoms with Gasteiger partial charge in [-0.15, -0.1) is 0 Å². The molecule has 2 aliphatic rings. The lowest BCUT2D eigenvalue weighted by molar-refractivity contribution is -0.121. The molecule has 0 heterocycles. The topological polar surface area (TPSA) is 41.1 Å². The van der Waals surface area contributed by atoms with E-state index in [1.807, 2.05) is 0 Å². The van der Waals surface area contributed by atoms with Gasteiger partial charge in [-0.1, -0.05) is 19.8 Å². The smallest absolute Gasteiger partial charge is 0.220 e. The van der Waals surface area contributed by atoms with E-state index < -0.39 is 0 Å². The van der Waals surface area contributed by atoms with Crippen molar-refractivity contribution in [2.45, 2.75) is 64.3 Å². The van der Waals surface area contributed by atoms with Crippen LogP contribution in [0.25, 0.3) is 0 Å². The van der Waals surface area contributed by atoms with Gasteiger partial charge in [0.25, 0.3) is 0 Å². The van der Waals surface area contributed by atoms with Crippen LogP contribution in [0.1, 0.15) is 58.3 Å². The molecular weight excluding hydrogens is 224 g/mol. The lowest BCUT2D eigenvalue weighted by Gasteiger charge is -2.26. The molecule has 0 unspecified atom stereocenters. The summed E-state index contributed by atoms with van der Waals surface area (Å²) in [5.41, 5.74) is 0. The lowest BCUT2D eigenvalue weighted by atomic mass is 9.83. The summed E-state index contributed by atoms with van der Waals surface area (Å²) in [6.45, 7) is 4.50. The average Bonchev–Trinajstić information content (AvgIpc) is 3.15. The Morgan fingerprint density at radius 2 is 1.83 bits per heavy atom. The van der Waals surface area contributed by atoms with Crippen LogP contribution in [0.5, 0.6) is 0 Å². The minimum atomic E-state index is 0.241. The fraction of sp³-hybridized carbons (Fsp3) is 0.933. The zero-order valence-corrected chi connectivity index (χ0v) is 11.7. The summed E-state index contributed by atoms with van der Waals surface area (Å²) >= 11 is 0. The summed E-state index contributed by atoms with van der Waals surface area (Å²) in [5.74, 6) is 2.06. The Bertz CT molecular complexity index is 255. The molecule has 0 aromatic heterocycles. The maximum atomic E-state index is 11.5. The van der Waals surface area contributed by atoms with Gasteiger partial charge in [-0.25, -0.2) is 0 Å². The molecule has 3 nitrogen and oxygen atoms in total. The molecule has 0 spiro atoms. The van der Waals surface area contributed by atoms with Gasteiger partial charge in [0.2, 0.25) is 5.91 Å². The van der Waals surface area contributed by atoms with Gasteiger partial charge < -0.3 is 10.6 Å². The van der Waals surface area contributed by atoms with Gasteiger partial charge in [0.15, 0.2) is 0 Å². The highest BCUT2D eigenvalue weighted by Crippen LogP contribution is 2.27. The second kappa shape index (κ2) is 7.13. The molecule has 2 saturated carbocycles. The van der Waals surface area contributed by atoms with Crippen molar-refractivity contribution >= 4 is 5.91 Å². The van der Waals surface area contributed by atoms with E-state index in [0.29, 0.717) is 12.5 Å². The van der Waals surface area contributed by atoms with E-state index in [9.17, 15) is 4.79 Å². The Kier molecular flexibility index (Phi) is 5.48. The van der Waals surface area contributed by atoms with Gasteiger partial charge in [-0.3, -0.25) is 4.79 Å². The van der Waals surface area contributed by atoms with Crippen molar-refractivity contribution in [2.24, 2.45) is 11.8 Å². The van der Waals surface area contributed by atoms with Crippen LogP contribution >= 0.6 is 0 Å². The molecule has 0 atom stereocenters. The molecule has 0 radical (unpaired) electrons. The molecule has 2 aliphatic carbocycles. The Labute approximate surface area is 111 Å². The quantitative estimate of drug-likeness (QED) is 0.683. The fourth-order valence-electron chi connectivity index (χ4n) is 2.74. The molecule has 18 heavy (non-hydrogen) atoms. The normalized spacial score (nSPS) is 28.1. The van der Waals surface area contributed by atoms with Crippen molar-refractivity contribution in [1.82, 2.24) is 10.6 Å². The monoisotopic (exact) mass is 252 g/mol. The maximum absolute atomic E-state index is 11.5. The molecule has 0 aromatic carbocycles. The summed E-state index contributed by atoms with van der Waals surface area (Å²) in [5, 5.41) is 6.55. The minimum Gasteiger partial charge on any atom is -0.353 e. The van der Waals surface area contributed by atoms with E-state index in [0.717, 1.165) is 31.3 Å². The van der Waals surface area contributed by atoms with Crippen LogP contribution in [0, 0.1) is 11.8 Å². The molecule has 0 saturated heterocycles. The van der Waals surface area contributed by atoms with Gasteiger partial charge >= 0.3 is 0 Å². The largest absolute Gasteiger partial charge is 0.353 e. The molecule has 2 fully saturated rings. The number of hydrogen-bond acceptors (Lipinski definition) is 2. The summed E-state index contributed by atoms with van der Waals surface area (Å²) in [6, 6.07) is 0.509. The molecule has 2 N–H and O–H groups in total. The van der Waals surface area contributed by atoms with Crippen molar-refractivity contribution in [3.8, 4) is 0 Å². The number of hydrogen-bond donors (Lipinski definition) is 2. The van der Waals surface area contributed by atoms with Crippen LogP contribution in [0.15, 0.2) is 0 Å². The van der Waals surface area contributed by atoms with E-state index in [1.165, 1.54) is 38.5 Å². The first-order valence-corrected chi connectivity index (χ1v) is 7.74. The molecular formula is C15H28N2O. The molecule has 1 amide bonds.